The van der Waals surface area contributed by atoms with Crippen molar-refractivity contribution >= 4 is 37.5 Å². The Morgan fingerprint density at radius 1 is 0.974 bits per heavy atom. The van der Waals surface area contributed by atoms with E-state index in [-0.39, 0.29) is 5.75 Å². The van der Waals surface area contributed by atoms with Crippen LogP contribution in [0.25, 0.3) is 21.9 Å². The third-order valence-corrected chi connectivity index (χ3v) is 9.74. The highest BCUT2D eigenvalue weighted by Crippen LogP contribution is 2.37. The van der Waals surface area contributed by atoms with Gasteiger partial charge in [0.1, 0.15) is 5.65 Å². The maximum atomic E-state index is 13.1. The van der Waals surface area contributed by atoms with Crippen LogP contribution in [0.4, 0.5) is 5.69 Å². The van der Waals surface area contributed by atoms with Gasteiger partial charge in [-0.05, 0) is 61.8 Å². The summed E-state index contributed by atoms with van der Waals surface area (Å²) in [5.74, 6) is -0.0370. The molecule has 2 aliphatic rings. The Balaban J connectivity index is 1.35. The van der Waals surface area contributed by atoms with E-state index in [4.69, 9.17) is 9.72 Å². The van der Waals surface area contributed by atoms with Gasteiger partial charge in [-0.3, -0.25) is 0 Å². The summed E-state index contributed by atoms with van der Waals surface area (Å²) in [7, 11) is -1.25. The number of aromatic amines is 1. The first-order valence-corrected chi connectivity index (χ1v) is 15.6. The first kappa shape index (κ1) is 26.3. The highest BCUT2D eigenvalue weighted by atomic mass is 32.2. The molecule has 9 heteroatoms. The minimum atomic E-state index is -3.44. The molecule has 0 radical (unpaired) electrons. The van der Waals surface area contributed by atoms with Crippen molar-refractivity contribution in [3.63, 3.8) is 0 Å². The molecule has 1 N–H and O–H groups in total. The SMILES string of the molecule is CN1CCN(CCCc2cnc3[nH]c4ccc(CS(=O)(=O)c5ccccc5)cc4c3c2N2CCOCC2)CC1. The molecule has 0 aliphatic carbocycles. The van der Waals surface area contributed by atoms with Crippen LogP contribution in [-0.2, 0) is 26.7 Å². The predicted molar refractivity (Wildman–Crippen MR) is 156 cm³/mol. The van der Waals surface area contributed by atoms with Gasteiger partial charge in [0, 0.05) is 56.4 Å². The van der Waals surface area contributed by atoms with Crippen LogP contribution in [0.3, 0.4) is 0 Å². The van der Waals surface area contributed by atoms with Crippen molar-refractivity contribution in [3.8, 4) is 0 Å². The zero-order chi connectivity index (χ0) is 26.8. The van der Waals surface area contributed by atoms with Crippen molar-refractivity contribution in [1.29, 1.82) is 0 Å². The molecule has 2 aliphatic heterocycles. The molecule has 8 nitrogen and oxygen atoms in total. The summed E-state index contributed by atoms with van der Waals surface area (Å²) in [6.45, 7) is 8.67. The molecule has 2 fully saturated rings. The number of ether oxygens (including phenoxy) is 1. The van der Waals surface area contributed by atoms with Gasteiger partial charge in [0.25, 0.3) is 0 Å². The van der Waals surface area contributed by atoms with E-state index < -0.39 is 9.84 Å². The number of likely N-dealkylation sites (N-methyl/N-ethyl adjacent to an activating group) is 1. The van der Waals surface area contributed by atoms with Gasteiger partial charge in [-0.25, -0.2) is 13.4 Å². The van der Waals surface area contributed by atoms with E-state index >= 15 is 0 Å². The molecule has 39 heavy (non-hydrogen) atoms. The fraction of sp³-hybridized carbons (Fsp3) is 0.433. The summed E-state index contributed by atoms with van der Waals surface area (Å²) < 4.78 is 31.9. The maximum Gasteiger partial charge on any atom is 0.182 e. The smallest absolute Gasteiger partial charge is 0.182 e. The van der Waals surface area contributed by atoms with E-state index in [2.05, 4.69) is 26.7 Å². The van der Waals surface area contributed by atoms with Crippen molar-refractivity contribution in [2.24, 2.45) is 0 Å². The van der Waals surface area contributed by atoms with E-state index in [1.54, 1.807) is 24.3 Å². The molecule has 0 saturated carbocycles. The number of hydrogen-bond acceptors (Lipinski definition) is 7. The fourth-order valence-corrected chi connectivity index (χ4v) is 7.20. The predicted octanol–water partition coefficient (Wildman–Crippen LogP) is 3.71. The van der Waals surface area contributed by atoms with Crippen molar-refractivity contribution in [2.75, 3.05) is 71.0 Å². The molecule has 4 aromatic rings. The summed E-state index contributed by atoms with van der Waals surface area (Å²) >= 11 is 0. The Kier molecular flexibility index (Phi) is 7.57. The number of anilines is 1. The van der Waals surface area contributed by atoms with Crippen molar-refractivity contribution < 1.29 is 13.2 Å². The standard InChI is InChI=1S/C30H37N5O3S/c1-33-12-14-34(15-13-33)11-5-6-24-21-31-30-28(29(24)35-16-18-38-19-17-35)26-20-23(9-10-27(26)32-30)22-39(36,37)25-7-3-2-4-8-25/h2-4,7-10,20-21H,5-6,11-19,22H2,1H3,(H,31,32). The third kappa shape index (κ3) is 5.68. The Morgan fingerprint density at radius 3 is 2.51 bits per heavy atom. The highest BCUT2D eigenvalue weighted by Gasteiger charge is 2.23. The number of pyridine rings is 1. The second-order valence-electron chi connectivity index (χ2n) is 10.8. The van der Waals surface area contributed by atoms with E-state index in [1.807, 2.05) is 30.5 Å². The number of rotatable bonds is 8. The van der Waals surface area contributed by atoms with Crippen molar-refractivity contribution in [1.82, 2.24) is 19.8 Å². The van der Waals surface area contributed by atoms with E-state index in [0.29, 0.717) is 18.1 Å². The Hall–Kier alpha value is -2.98. The quantitative estimate of drug-likeness (QED) is 0.360. The molecule has 0 atom stereocenters. The number of nitrogens with zero attached hydrogens (tertiary/aromatic N) is 4. The lowest BCUT2D eigenvalue weighted by molar-refractivity contribution is 0.122. The number of piperazine rings is 1. The Bertz CT molecular complexity index is 1540. The molecule has 0 amide bonds. The van der Waals surface area contributed by atoms with Gasteiger partial charge in [0.15, 0.2) is 9.84 Å². The van der Waals surface area contributed by atoms with Crippen molar-refractivity contribution in [2.45, 2.75) is 23.5 Å². The second-order valence-corrected chi connectivity index (χ2v) is 12.8. The number of H-pyrrole nitrogens is 1. The fourth-order valence-electron chi connectivity index (χ4n) is 5.84. The molecule has 206 valence electrons. The van der Waals surface area contributed by atoms with Crippen LogP contribution in [0, 0.1) is 0 Å². The second kappa shape index (κ2) is 11.3. The van der Waals surface area contributed by atoms with Crippen LogP contribution in [0.5, 0.6) is 0 Å². The molecule has 0 spiro atoms. The molecular weight excluding hydrogens is 510 g/mol. The Morgan fingerprint density at radius 2 is 1.74 bits per heavy atom. The Labute approximate surface area is 230 Å². The van der Waals surface area contributed by atoms with Gasteiger partial charge in [0.2, 0.25) is 0 Å². The maximum absolute atomic E-state index is 13.1. The minimum absolute atomic E-state index is 0.0370. The number of fused-ring (bicyclic) bond motifs is 3. The van der Waals surface area contributed by atoms with Gasteiger partial charge in [0.05, 0.1) is 34.9 Å². The minimum Gasteiger partial charge on any atom is -0.378 e. The monoisotopic (exact) mass is 547 g/mol. The first-order valence-electron chi connectivity index (χ1n) is 13.9. The lowest BCUT2D eigenvalue weighted by Crippen LogP contribution is -2.44. The van der Waals surface area contributed by atoms with E-state index in [1.165, 1.54) is 11.3 Å². The summed E-state index contributed by atoms with van der Waals surface area (Å²) in [5, 5.41) is 2.11. The zero-order valence-corrected chi connectivity index (χ0v) is 23.4. The highest BCUT2D eigenvalue weighted by molar-refractivity contribution is 7.90. The van der Waals surface area contributed by atoms with Gasteiger partial charge < -0.3 is 24.4 Å². The van der Waals surface area contributed by atoms with Gasteiger partial charge in [-0.2, -0.15) is 0 Å². The average molecular weight is 548 g/mol. The number of morpholine rings is 1. The van der Waals surface area contributed by atoms with Gasteiger partial charge in [-0.15, -0.1) is 0 Å². The summed E-state index contributed by atoms with van der Waals surface area (Å²) in [6, 6.07) is 14.6. The lowest BCUT2D eigenvalue weighted by Gasteiger charge is -2.33. The summed E-state index contributed by atoms with van der Waals surface area (Å²) in [4.78, 5) is 16.1. The molecule has 2 aromatic heterocycles. The van der Waals surface area contributed by atoms with Crippen molar-refractivity contribution in [3.05, 3.63) is 65.9 Å². The number of hydrogen-bond donors (Lipinski definition) is 1. The number of aromatic nitrogens is 2. The van der Waals surface area contributed by atoms with Crippen LogP contribution >= 0.6 is 0 Å². The molecule has 6 rings (SSSR count). The van der Waals surface area contributed by atoms with E-state index in [0.717, 1.165) is 86.2 Å². The number of aryl methyl sites for hydroxylation is 1. The molecule has 0 bridgehead atoms. The van der Waals surface area contributed by atoms with Crippen LogP contribution in [-0.4, -0.2) is 94.3 Å². The zero-order valence-electron chi connectivity index (χ0n) is 22.6. The normalized spacial score (nSPS) is 17.8. The van der Waals surface area contributed by atoms with Crippen LogP contribution in [0.15, 0.2) is 59.6 Å². The molecular formula is C30H37N5O3S. The third-order valence-electron chi connectivity index (χ3n) is 8.04. The van der Waals surface area contributed by atoms with Crippen LogP contribution in [0.1, 0.15) is 17.5 Å². The summed E-state index contributed by atoms with van der Waals surface area (Å²) in [6.07, 6.45) is 4.07. The largest absolute Gasteiger partial charge is 0.378 e. The first-order chi connectivity index (χ1) is 19.0. The van der Waals surface area contributed by atoms with Crippen LogP contribution in [0.2, 0.25) is 0 Å². The molecule has 4 heterocycles. The molecule has 2 saturated heterocycles. The van der Waals surface area contributed by atoms with Crippen LogP contribution < -0.4 is 4.90 Å². The topological polar surface area (TPSA) is 81.8 Å². The number of nitrogens with one attached hydrogen (secondary N) is 1. The summed E-state index contributed by atoms with van der Waals surface area (Å²) in [5.41, 5.74) is 5.07. The lowest BCUT2D eigenvalue weighted by atomic mass is 10.0. The number of sulfone groups is 1. The molecule has 0 unspecified atom stereocenters. The van der Waals surface area contributed by atoms with Gasteiger partial charge in [-0.1, -0.05) is 24.3 Å². The number of benzene rings is 2. The average Bonchev–Trinajstić information content (AvgIpc) is 3.33. The molecule has 2 aromatic carbocycles. The van der Waals surface area contributed by atoms with E-state index in [9.17, 15) is 8.42 Å². The van der Waals surface area contributed by atoms with Gasteiger partial charge >= 0.3 is 0 Å².